The Morgan fingerprint density at radius 1 is 0.710 bits per heavy atom. The van der Waals surface area contributed by atoms with E-state index in [0.29, 0.717) is 31.2 Å². The van der Waals surface area contributed by atoms with Crippen molar-refractivity contribution >= 4 is 23.6 Å². The van der Waals surface area contributed by atoms with Gasteiger partial charge in [0.05, 0.1) is 35.1 Å². The van der Waals surface area contributed by atoms with Gasteiger partial charge in [0.1, 0.15) is 6.10 Å². The maximum absolute atomic E-state index is 14.1. The predicted octanol–water partition coefficient (Wildman–Crippen LogP) is 7.88. The molecular weight excluding hydrogens is 781 g/mol. The molecular formula is C52H78N2O8. The summed E-state index contributed by atoms with van der Waals surface area (Å²) in [6.45, 7) is 23.3. The van der Waals surface area contributed by atoms with E-state index >= 15 is 0 Å². The van der Waals surface area contributed by atoms with Crippen LogP contribution < -0.4 is 5.32 Å². The monoisotopic (exact) mass is 859 g/mol. The number of aliphatic hydroxyl groups is 1. The number of aliphatic hydroxyl groups excluding tert-OH is 1. The van der Waals surface area contributed by atoms with Gasteiger partial charge in [-0.3, -0.25) is 19.7 Å². The van der Waals surface area contributed by atoms with Crippen LogP contribution in [0.4, 0.5) is 4.79 Å². The van der Waals surface area contributed by atoms with Gasteiger partial charge in [0, 0.05) is 62.3 Å². The Morgan fingerprint density at radius 2 is 1.19 bits per heavy atom. The van der Waals surface area contributed by atoms with Crippen LogP contribution in [0.25, 0.3) is 0 Å². The molecule has 5 unspecified atom stereocenters. The summed E-state index contributed by atoms with van der Waals surface area (Å²) in [6, 6.07) is 0. The van der Waals surface area contributed by atoms with Gasteiger partial charge in [-0.05, 0) is 133 Å². The van der Waals surface area contributed by atoms with Crippen LogP contribution in [0.5, 0.6) is 0 Å². The number of hydrogen-bond donors (Lipinski definition) is 2. The number of fused-ring (bicyclic) bond motifs is 2. The lowest BCUT2D eigenvalue weighted by Crippen LogP contribution is -2.63. The highest BCUT2D eigenvalue weighted by molar-refractivity contribution is 5.94. The second-order valence-corrected chi connectivity index (χ2v) is 22.5. The minimum absolute atomic E-state index is 0.00324. The molecule has 2 heterocycles. The van der Waals surface area contributed by atoms with E-state index < -0.39 is 34.5 Å². The fourth-order valence-corrected chi connectivity index (χ4v) is 16.2. The molecule has 6 aliphatic carbocycles. The molecule has 62 heavy (non-hydrogen) atoms. The Morgan fingerprint density at radius 3 is 1.66 bits per heavy atom. The second kappa shape index (κ2) is 16.9. The van der Waals surface area contributed by atoms with Crippen LogP contribution in [-0.2, 0) is 28.6 Å². The number of piperidine rings is 1. The Balaban J connectivity index is 0.000000201. The van der Waals surface area contributed by atoms with Gasteiger partial charge in [-0.2, -0.15) is 0 Å². The number of methoxy groups -OCH3 is 2. The van der Waals surface area contributed by atoms with E-state index in [-0.39, 0.29) is 81.4 Å². The highest BCUT2D eigenvalue weighted by atomic mass is 16.6. The quantitative estimate of drug-likeness (QED) is 0.271. The highest BCUT2D eigenvalue weighted by Crippen LogP contribution is 2.70. The van der Waals surface area contributed by atoms with E-state index in [1.165, 1.54) is 0 Å². The zero-order valence-electron chi connectivity index (χ0n) is 40.1. The standard InChI is InChI=1S/C30H44N2O5.C22H34O3/c1-7-11-28(4)15-23(37-27(35)31-26(34)21-17-32-14-10-20(21)16-32)29(5)18(2)8-12-30(19(3)25(28)33)13-9-22(36-6)24(29)30;1-7-10-20(4)13-17(23)21(5)14(2)8-11-22(15(3)19(20)24)12-9-16(25-6)18(21)22/h18-24H,8-10,12-17H2,1-6H3,(H,31,34,35);14-18,23H,8-9,11-13H2,1-6H3/t18-,19+,20-,21+,22-,23-,24?,28-,29+,30?;14-,15+,16-,17-,18?,20-,21+,22?/m11/s1. The van der Waals surface area contributed by atoms with Gasteiger partial charge in [-0.25, -0.2) is 4.79 Å². The molecule has 0 aromatic rings. The highest BCUT2D eigenvalue weighted by Gasteiger charge is 2.70. The molecule has 2 aliphatic heterocycles. The van der Waals surface area contributed by atoms with Crippen LogP contribution in [0.3, 0.4) is 0 Å². The number of nitrogens with zero attached hydrogens (tertiary/aromatic N) is 1. The van der Waals surface area contributed by atoms with Crippen LogP contribution >= 0.6 is 0 Å². The SMILES string of the molecule is CC#C[C@]1(C)C[C@@H](O)[C@@]2(C)C3[C@H](OC)CCC3(CC[C@H]2C)[C@@H](C)C1=O.CC#C[C@]1(C)C[C@@H](OC(=O)NC(=O)[C@H]2CN3CC[C@@H]2C3)[C@@]2(C)C3[C@H](OC)CCC3(CC[C@H]2C)[C@@H](C)C1=O. The van der Waals surface area contributed by atoms with E-state index in [2.05, 4.69) is 75.4 Å². The number of rotatable bonds is 4. The summed E-state index contributed by atoms with van der Waals surface area (Å²) in [5.41, 5.74) is -2.60. The minimum atomic E-state index is -0.928. The molecule has 344 valence electrons. The first-order chi connectivity index (χ1) is 29.2. The van der Waals surface area contributed by atoms with E-state index in [9.17, 15) is 24.3 Å². The molecule has 8 fully saturated rings. The van der Waals surface area contributed by atoms with Crippen molar-refractivity contribution in [2.75, 3.05) is 33.9 Å². The van der Waals surface area contributed by atoms with E-state index in [4.69, 9.17) is 14.2 Å². The molecule has 6 bridgehead atoms. The van der Waals surface area contributed by atoms with E-state index in [0.717, 1.165) is 70.9 Å². The molecule has 8 aliphatic rings. The fourth-order valence-electron chi connectivity index (χ4n) is 16.2. The molecule has 2 amide bonds. The summed E-state index contributed by atoms with van der Waals surface area (Å²) in [4.78, 5) is 56.3. The number of amides is 2. The van der Waals surface area contributed by atoms with Gasteiger partial charge in [0.2, 0.25) is 5.91 Å². The molecule has 8 rings (SSSR count). The number of alkyl carbamates (subject to hydrolysis) is 1. The molecule has 10 heteroatoms. The number of ketones is 2. The van der Waals surface area contributed by atoms with Crippen LogP contribution in [0.15, 0.2) is 0 Å². The minimum Gasteiger partial charge on any atom is -0.445 e. The maximum atomic E-state index is 14.1. The fraction of sp³-hybridized carbons (Fsp3) is 0.846. The first-order valence-corrected chi connectivity index (χ1v) is 24.1. The maximum Gasteiger partial charge on any atom is 0.414 e. The number of ether oxygens (including phenoxy) is 3. The van der Waals surface area contributed by atoms with Crippen molar-refractivity contribution in [3.05, 3.63) is 0 Å². The lowest BCUT2D eigenvalue weighted by atomic mass is 9.44. The van der Waals surface area contributed by atoms with Gasteiger partial charge in [0.25, 0.3) is 0 Å². The first-order valence-electron chi connectivity index (χ1n) is 24.1. The molecule has 0 spiro atoms. The van der Waals surface area contributed by atoms with Crippen molar-refractivity contribution < 1.29 is 38.5 Å². The number of imide groups is 1. The third-order valence-corrected chi connectivity index (χ3v) is 20.1. The molecule has 0 aromatic carbocycles. The van der Waals surface area contributed by atoms with E-state index in [1.807, 2.05) is 13.8 Å². The van der Waals surface area contributed by atoms with Crippen molar-refractivity contribution in [1.29, 1.82) is 0 Å². The first kappa shape index (κ1) is 47.2. The average Bonchev–Trinajstić information content (AvgIpc) is 4.05. The van der Waals surface area contributed by atoms with Gasteiger partial charge in [-0.1, -0.05) is 53.4 Å². The summed E-state index contributed by atoms with van der Waals surface area (Å²) >= 11 is 0. The van der Waals surface area contributed by atoms with Crippen LogP contribution in [0, 0.1) is 104 Å². The molecule has 2 N–H and O–H groups in total. The zero-order chi connectivity index (χ0) is 45.4. The number of hydrogen-bond acceptors (Lipinski definition) is 9. The Kier molecular flexibility index (Phi) is 12.9. The van der Waals surface area contributed by atoms with Gasteiger partial charge in [0.15, 0.2) is 11.6 Å². The van der Waals surface area contributed by atoms with Crippen LogP contribution in [-0.4, -0.2) is 91.8 Å². The summed E-state index contributed by atoms with van der Waals surface area (Å²) in [7, 11) is 3.55. The predicted molar refractivity (Wildman–Crippen MR) is 238 cm³/mol. The smallest absolute Gasteiger partial charge is 0.414 e. The molecule has 6 saturated carbocycles. The normalized spacial score (nSPS) is 50.0. The molecule has 0 aromatic heterocycles. The van der Waals surface area contributed by atoms with Crippen molar-refractivity contribution in [2.45, 2.75) is 164 Å². The van der Waals surface area contributed by atoms with Crippen LogP contribution in [0.2, 0.25) is 0 Å². The molecule has 10 nitrogen and oxygen atoms in total. The topological polar surface area (TPSA) is 131 Å². The van der Waals surface area contributed by atoms with Gasteiger partial charge < -0.3 is 24.2 Å². The summed E-state index contributed by atoms with van der Waals surface area (Å²) < 4.78 is 18.2. The van der Waals surface area contributed by atoms with Crippen molar-refractivity contribution in [1.82, 2.24) is 10.2 Å². The third kappa shape index (κ3) is 7.05. The van der Waals surface area contributed by atoms with Crippen molar-refractivity contribution in [3.8, 4) is 23.7 Å². The Labute approximate surface area is 372 Å². The number of nitrogens with one attached hydrogen (secondary N) is 1. The summed E-state index contributed by atoms with van der Waals surface area (Å²) in [5, 5.41) is 14.0. The Hall–Kier alpha value is -2.76. The van der Waals surface area contributed by atoms with E-state index in [1.54, 1.807) is 28.1 Å². The zero-order valence-corrected chi connectivity index (χ0v) is 40.1. The average molecular weight is 859 g/mol. The number of carbonyl (C=O) groups excluding carboxylic acids is 4. The van der Waals surface area contributed by atoms with Gasteiger partial charge >= 0.3 is 6.09 Å². The molecule has 2 saturated heterocycles. The van der Waals surface area contributed by atoms with Crippen LogP contribution in [0.1, 0.15) is 140 Å². The lowest BCUT2D eigenvalue weighted by molar-refractivity contribution is -0.188. The molecule has 19 atom stereocenters. The van der Waals surface area contributed by atoms with Crippen molar-refractivity contribution in [3.63, 3.8) is 0 Å². The third-order valence-electron chi connectivity index (χ3n) is 20.1. The summed E-state index contributed by atoms with van der Waals surface area (Å²) in [6.07, 6.45) is 8.00. The lowest BCUT2D eigenvalue weighted by Gasteiger charge is -2.61. The Bertz CT molecular complexity index is 1910. The molecule has 0 radical (unpaired) electrons. The number of Topliss-reactive ketones (excluding diaryl/α,β-unsaturated/α-hetero) is 2. The largest absolute Gasteiger partial charge is 0.445 e. The second-order valence-electron chi connectivity index (χ2n) is 22.5. The van der Waals surface area contributed by atoms with Crippen molar-refractivity contribution in [2.24, 2.45) is 79.8 Å². The van der Waals surface area contributed by atoms with Gasteiger partial charge in [-0.15, -0.1) is 11.8 Å². The summed E-state index contributed by atoms with van der Waals surface area (Å²) in [5.74, 6) is 13.4. The number of carbonyl (C=O) groups is 4.